The third kappa shape index (κ3) is 3.61. The Bertz CT molecular complexity index is 714. The quantitative estimate of drug-likeness (QED) is 0.900. The number of piperazine rings is 1. The second-order valence-electron chi connectivity index (χ2n) is 5.18. The zero-order chi connectivity index (χ0) is 16.2. The highest BCUT2D eigenvalue weighted by molar-refractivity contribution is 6.33. The fraction of sp³-hybridized carbons (Fsp3) is 0.312. The zero-order valence-corrected chi connectivity index (χ0v) is 14.7. The molecule has 2 heterocycles. The molecular formula is C16H18Cl2N4O2. The van der Waals surface area contributed by atoms with Crippen LogP contribution >= 0.6 is 24.0 Å². The Hall–Kier alpha value is -1.89. The van der Waals surface area contributed by atoms with Gasteiger partial charge in [0.2, 0.25) is 0 Å². The van der Waals surface area contributed by atoms with Crippen LogP contribution in [0.15, 0.2) is 36.8 Å². The van der Waals surface area contributed by atoms with Gasteiger partial charge in [0.05, 0.1) is 18.2 Å². The average Bonchev–Trinajstić information content (AvgIpc) is 2.61. The maximum absolute atomic E-state index is 12.9. The first-order valence-electron chi connectivity index (χ1n) is 7.32. The van der Waals surface area contributed by atoms with E-state index in [-0.39, 0.29) is 35.1 Å². The monoisotopic (exact) mass is 368 g/mol. The smallest absolute Gasteiger partial charge is 0.274 e. The number of aromatic nitrogens is 2. The van der Waals surface area contributed by atoms with Crippen LogP contribution in [0.25, 0.3) is 0 Å². The van der Waals surface area contributed by atoms with E-state index in [0.717, 1.165) is 17.9 Å². The summed E-state index contributed by atoms with van der Waals surface area (Å²) in [5.74, 6) is 0.558. The van der Waals surface area contributed by atoms with Crippen molar-refractivity contribution in [3.63, 3.8) is 0 Å². The fourth-order valence-corrected chi connectivity index (χ4v) is 2.96. The van der Waals surface area contributed by atoms with Gasteiger partial charge in [-0.25, -0.2) is 9.97 Å². The van der Waals surface area contributed by atoms with Gasteiger partial charge in [0, 0.05) is 31.4 Å². The van der Waals surface area contributed by atoms with Crippen molar-refractivity contribution in [1.82, 2.24) is 20.2 Å². The molecule has 1 aliphatic heterocycles. The summed E-state index contributed by atoms with van der Waals surface area (Å²) in [6.45, 7) is 1.94. The van der Waals surface area contributed by atoms with Crippen LogP contribution in [0.2, 0.25) is 5.02 Å². The van der Waals surface area contributed by atoms with Crippen molar-refractivity contribution in [2.75, 3.05) is 26.7 Å². The lowest BCUT2D eigenvalue weighted by molar-refractivity contribution is 0.0625. The first-order chi connectivity index (χ1) is 11.2. The van der Waals surface area contributed by atoms with Gasteiger partial charge in [0.15, 0.2) is 0 Å². The number of nitrogens with one attached hydrogen (secondary N) is 1. The highest BCUT2D eigenvalue weighted by Crippen LogP contribution is 2.31. The van der Waals surface area contributed by atoms with Crippen LogP contribution < -0.4 is 10.1 Å². The minimum atomic E-state index is -0.199. The number of hydrogen-bond donors (Lipinski definition) is 1. The molecule has 1 N–H and O–H groups in total. The fourth-order valence-electron chi connectivity index (χ4n) is 2.77. The van der Waals surface area contributed by atoms with Crippen molar-refractivity contribution in [1.29, 1.82) is 0 Å². The van der Waals surface area contributed by atoms with Gasteiger partial charge in [-0.3, -0.25) is 4.79 Å². The molecule has 0 saturated carbocycles. The van der Waals surface area contributed by atoms with Crippen molar-refractivity contribution in [2.45, 2.75) is 6.04 Å². The number of hydrogen-bond acceptors (Lipinski definition) is 5. The molecular weight excluding hydrogens is 351 g/mol. The third-order valence-electron chi connectivity index (χ3n) is 3.87. The van der Waals surface area contributed by atoms with Gasteiger partial charge < -0.3 is 15.0 Å². The van der Waals surface area contributed by atoms with Crippen LogP contribution in [0.4, 0.5) is 0 Å². The lowest BCUT2D eigenvalue weighted by Gasteiger charge is -2.37. The van der Waals surface area contributed by atoms with Gasteiger partial charge in [-0.1, -0.05) is 29.8 Å². The number of carbonyl (C=O) groups is 1. The lowest BCUT2D eigenvalue weighted by atomic mass is 10.0. The molecule has 6 nitrogen and oxygen atoms in total. The summed E-state index contributed by atoms with van der Waals surface area (Å²) in [6.07, 6.45) is 2.77. The van der Waals surface area contributed by atoms with Crippen molar-refractivity contribution in [2.24, 2.45) is 0 Å². The number of halogens is 2. The average molecular weight is 369 g/mol. The van der Waals surface area contributed by atoms with Crippen molar-refractivity contribution in [3.8, 4) is 5.75 Å². The summed E-state index contributed by atoms with van der Waals surface area (Å²) < 4.78 is 5.44. The molecule has 8 heteroatoms. The first kappa shape index (κ1) is 18.4. The largest absolute Gasteiger partial charge is 0.496 e. The van der Waals surface area contributed by atoms with Gasteiger partial charge in [0.1, 0.15) is 17.8 Å². The Morgan fingerprint density at radius 3 is 2.96 bits per heavy atom. The Balaban J connectivity index is 0.00000208. The highest BCUT2D eigenvalue weighted by atomic mass is 35.5. The molecule has 128 valence electrons. The van der Waals surface area contributed by atoms with Crippen molar-refractivity contribution < 1.29 is 9.53 Å². The number of carbonyl (C=O) groups excluding carboxylic acids is 1. The number of rotatable bonds is 3. The standard InChI is InChI=1S/C16H17ClN4O2.ClH/c1-23-14-5-3-2-4-11(14)13-9-18-6-7-21(13)16(22)15-12(17)8-19-10-20-15;/h2-5,8,10,13,18H,6-7,9H2,1H3;1H. The number of amides is 1. The van der Waals surface area contributed by atoms with E-state index in [1.54, 1.807) is 12.0 Å². The zero-order valence-electron chi connectivity index (χ0n) is 13.1. The van der Waals surface area contributed by atoms with Gasteiger partial charge in [-0.15, -0.1) is 12.4 Å². The van der Waals surface area contributed by atoms with E-state index in [9.17, 15) is 4.79 Å². The van der Waals surface area contributed by atoms with E-state index in [4.69, 9.17) is 16.3 Å². The SMILES string of the molecule is COc1ccccc1C1CNCCN1C(=O)c1ncncc1Cl.Cl. The summed E-state index contributed by atoms with van der Waals surface area (Å²) in [4.78, 5) is 22.5. The molecule has 24 heavy (non-hydrogen) atoms. The molecule has 1 aromatic heterocycles. The topological polar surface area (TPSA) is 67.3 Å². The predicted octanol–water partition coefficient (Wildman–Crippen LogP) is 2.35. The lowest BCUT2D eigenvalue weighted by Crippen LogP contribution is -2.49. The summed E-state index contributed by atoms with van der Waals surface area (Å²) in [5.41, 5.74) is 1.18. The van der Waals surface area contributed by atoms with E-state index < -0.39 is 0 Å². The molecule has 0 spiro atoms. The molecule has 0 aliphatic carbocycles. The maximum Gasteiger partial charge on any atom is 0.274 e. The van der Waals surface area contributed by atoms with Crippen LogP contribution in [-0.4, -0.2) is 47.5 Å². The number of para-hydroxylation sites is 1. The Morgan fingerprint density at radius 2 is 2.21 bits per heavy atom. The van der Waals surface area contributed by atoms with E-state index in [2.05, 4.69) is 15.3 Å². The van der Waals surface area contributed by atoms with Gasteiger partial charge in [-0.2, -0.15) is 0 Å². The van der Waals surface area contributed by atoms with Crippen LogP contribution in [0, 0.1) is 0 Å². The normalized spacial score (nSPS) is 17.1. The minimum absolute atomic E-state index is 0. The molecule has 3 rings (SSSR count). The van der Waals surface area contributed by atoms with Gasteiger partial charge in [-0.05, 0) is 6.07 Å². The number of methoxy groups -OCH3 is 1. The van der Waals surface area contributed by atoms with Gasteiger partial charge in [0.25, 0.3) is 5.91 Å². The molecule has 0 radical (unpaired) electrons. The molecule has 1 aliphatic rings. The molecule has 1 saturated heterocycles. The summed E-state index contributed by atoms with van der Waals surface area (Å²) in [7, 11) is 1.63. The number of ether oxygens (including phenoxy) is 1. The molecule has 1 amide bonds. The Labute approximate surface area is 151 Å². The Morgan fingerprint density at radius 1 is 1.42 bits per heavy atom. The molecule has 0 bridgehead atoms. The summed E-state index contributed by atoms with van der Waals surface area (Å²) in [6, 6.07) is 7.57. The predicted molar refractivity (Wildman–Crippen MR) is 93.9 cm³/mol. The highest BCUT2D eigenvalue weighted by Gasteiger charge is 2.31. The number of nitrogens with zero attached hydrogens (tertiary/aromatic N) is 3. The summed E-state index contributed by atoms with van der Waals surface area (Å²) in [5, 5.41) is 3.58. The molecule has 1 fully saturated rings. The first-order valence-corrected chi connectivity index (χ1v) is 7.70. The second-order valence-corrected chi connectivity index (χ2v) is 5.59. The van der Waals surface area contributed by atoms with Crippen molar-refractivity contribution in [3.05, 3.63) is 53.1 Å². The molecule has 1 atom stereocenters. The van der Waals surface area contributed by atoms with E-state index in [0.29, 0.717) is 13.1 Å². The van der Waals surface area contributed by atoms with Crippen LogP contribution in [0.1, 0.15) is 22.1 Å². The molecule has 1 unspecified atom stereocenters. The summed E-state index contributed by atoms with van der Waals surface area (Å²) >= 11 is 6.08. The third-order valence-corrected chi connectivity index (χ3v) is 4.15. The molecule has 1 aromatic carbocycles. The van der Waals surface area contributed by atoms with Crippen molar-refractivity contribution >= 4 is 29.9 Å². The van der Waals surface area contributed by atoms with Crippen LogP contribution in [0.5, 0.6) is 5.75 Å². The maximum atomic E-state index is 12.9. The van der Waals surface area contributed by atoms with E-state index in [1.807, 2.05) is 24.3 Å². The van der Waals surface area contributed by atoms with Crippen LogP contribution in [-0.2, 0) is 0 Å². The molecule has 2 aromatic rings. The van der Waals surface area contributed by atoms with E-state index >= 15 is 0 Å². The minimum Gasteiger partial charge on any atom is -0.496 e. The number of benzene rings is 1. The van der Waals surface area contributed by atoms with E-state index in [1.165, 1.54) is 12.5 Å². The Kier molecular flexibility index (Phi) is 6.36. The van der Waals surface area contributed by atoms with Crippen LogP contribution in [0.3, 0.4) is 0 Å². The van der Waals surface area contributed by atoms with Gasteiger partial charge >= 0.3 is 0 Å². The second kappa shape index (κ2) is 8.28.